The number of H-pyrrole nitrogens is 1. The van der Waals surface area contributed by atoms with Crippen LogP contribution in [0, 0.1) is 13.8 Å². The number of aryl methyl sites for hydroxylation is 1. The van der Waals surface area contributed by atoms with Crippen LogP contribution in [0.1, 0.15) is 16.7 Å². The van der Waals surface area contributed by atoms with Crippen LogP contribution in [-0.2, 0) is 16.0 Å². The fourth-order valence-electron chi connectivity index (χ4n) is 4.55. The molecule has 2 amide bonds. The molecule has 0 atom stereocenters. The number of benzene rings is 2. The molecule has 35 heavy (non-hydrogen) atoms. The van der Waals surface area contributed by atoms with Crippen molar-refractivity contribution in [1.29, 1.82) is 0 Å². The minimum Gasteiger partial charge on any atom is -0.361 e. The molecule has 0 aliphatic carbocycles. The highest BCUT2D eigenvalue weighted by molar-refractivity contribution is 7.99. The number of hydrogen-bond donors (Lipinski definition) is 1. The lowest BCUT2D eigenvalue weighted by atomic mass is 10.1. The number of rotatable bonds is 6. The Bertz CT molecular complexity index is 1370. The second kappa shape index (κ2) is 10.00. The lowest BCUT2D eigenvalue weighted by molar-refractivity contribution is -0.137. The Labute approximate surface area is 209 Å². The van der Waals surface area contributed by atoms with Crippen molar-refractivity contribution in [2.45, 2.75) is 25.4 Å². The van der Waals surface area contributed by atoms with Gasteiger partial charge in [0.2, 0.25) is 11.8 Å². The topological polar surface area (TPSA) is 74.2 Å². The predicted octanol–water partition coefficient (Wildman–Crippen LogP) is 3.98. The van der Waals surface area contributed by atoms with E-state index in [1.807, 2.05) is 57.1 Å². The molecule has 2 aromatic heterocycles. The molecule has 3 heterocycles. The van der Waals surface area contributed by atoms with Crippen molar-refractivity contribution in [1.82, 2.24) is 24.3 Å². The lowest BCUT2D eigenvalue weighted by Crippen LogP contribution is -2.51. The highest BCUT2D eigenvalue weighted by Gasteiger charge is 2.25. The summed E-state index contributed by atoms with van der Waals surface area (Å²) >= 11 is 1.45. The maximum atomic E-state index is 12.9. The van der Waals surface area contributed by atoms with E-state index in [9.17, 15) is 9.59 Å². The third kappa shape index (κ3) is 4.84. The molecule has 4 aromatic rings. The first-order valence-electron chi connectivity index (χ1n) is 11.8. The van der Waals surface area contributed by atoms with E-state index in [-0.39, 0.29) is 11.8 Å². The van der Waals surface area contributed by atoms with Crippen LogP contribution in [0.5, 0.6) is 0 Å². The van der Waals surface area contributed by atoms with Crippen molar-refractivity contribution in [3.05, 3.63) is 77.7 Å². The molecule has 7 nitrogen and oxygen atoms in total. The molecule has 2 aromatic carbocycles. The molecular weight excluding hydrogens is 458 g/mol. The van der Waals surface area contributed by atoms with E-state index < -0.39 is 0 Å². The van der Waals surface area contributed by atoms with Crippen LogP contribution >= 0.6 is 11.8 Å². The molecule has 0 unspecified atom stereocenters. The first-order chi connectivity index (χ1) is 17.0. The average molecular weight is 488 g/mol. The van der Waals surface area contributed by atoms with Gasteiger partial charge in [-0.3, -0.25) is 14.2 Å². The standard InChI is InChI=1S/C27H29N5O2S/c1-19-6-5-9-24(20(19)2)32-11-10-28-27(32)35-18-26(34)31-14-12-30(13-15-31)25(33)16-21-17-29-23-8-4-3-7-22(21)23/h3-11,17,29H,12-16,18H2,1-2H3. The van der Waals surface area contributed by atoms with E-state index in [0.29, 0.717) is 38.4 Å². The van der Waals surface area contributed by atoms with Gasteiger partial charge >= 0.3 is 0 Å². The van der Waals surface area contributed by atoms with Gasteiger partial charge < -0.3 is 14.8 Å². The highest BCUT2D eigenvalue weighted by Crippen LogP contribution is 2.25. The number of fused-ring (bicyclic) bond motifs is 1. The fraction of sp³-hybridized carbons (Fsp3) is 0.296. The number of nitrogens with one attached hydrogen (secondary N) is 1. The minimum atomic E-state index is 0.0780. The maximum Gasteiger partial charge on any atom is 0.233 e. The zero-order chi connectivity index (χ0) is 24.4. The zero-order valence-corrected chi connectivity index (χ0v) is 20.8. The molecule has 8 heteroatoms. The Balaban J connectivity index is 1.14. The van der Waals surface area contributed by atoms with Gasteiger partial charge in [0.05, 0.1) is 17.9 Å². The summed E-state index contributed by atoms with van der Waals surface area (Å²) in [6.45, 7) is 6.44. The normalized spacial score (nSPS) is 14.0. The van der Waals surface area contributed by atoms with Crippen LogP contribution in [-0.4, -0.2) is 68.1 Å². The third-order valence-electron chi connectivity index (χ3n) is 6.77. The van der Waals surface area contributed by atoms with Gasteiger partial charge in [-0.25, -0.2) is 4.98 Å². The SMILES string of the molecule is Cc1cccc(-n2ccnc2SCC(=O)N2CCN(C(=O)Cc3c[nH]c4ccccc34)CC2)c1C. The summed E-state index contributed by atoms with van der Waals surface area (Å²) in [5.74, 6) is 0.506. The summed E-state index contributed by atoms with van der Waals surface area (Å²) in [7, 11) is 0. The molecule has 1 fully saturated rings. The zero-order valence-electron chi connectivity index (χ0n) is 20.0. The molecular formula is C27H29N5O2S. The van der Waals surface area contributed by atoms with Gasteiger partial charge in [0.15, 0.2) is 5.16 Å². The molecule has 1 aliphatic rings. The number of piperazine rings is 1. The number of thioether (sulfide) groups is 1. The predicted molar refractivity (Wildman–Crippen MR) is 139 cm³/mol. The van der Waals surface area contributed by atoms with Crippen LogP contribution in [0.25, 0.3) is 16.6 Å². The van der Waals surface area contributed by atoms with E-state index in [2.05, 4.69) is 35.9 Å². The second-order valence-electron chi connectivity index (χ2n) is 8.89. The summed E-state index contributed by atoms with van der Waals surface area (Å²) < 4.78 is 2.04. The number of imidazole rings is 1. The van der Waals surface area contributed by atoms with Crippen molar-refractivity contribution in [2.75, 3.05) is 31.9 Å². The highest BCUT2D eigenvalue weighted by atomic mass is 32.2. The monoisotopic (exact) mass is 487 g/mol. The Morgan fingerprint density at radius 3 is 2.51 bits per heavy atom. The Morgan fingerprint density at radius 1 is 0.971 bits per heavy atom. The maximum absolute atomic E-state index is 12.9. The number of aromatic nitrogens is 3. The molecule has 5 rings (SSSR count). The molecule has 0 spiro atoms. The van der Waals surface area contributed by atoms with E-state index in [4.69, 9.17) is 0 Å². The van der Waals surface area contributed by atoms with Crippen LogP contribution in [0.15, 0.2) is 66.2 Å². The smallest absolute Gasteiger partial charge is 0.233 e. The molecule has 1 saturated heterocycles. The van der Waals surface area contributed by atoms with Crippen molar-refractivity contribution >= 4 is 34.5 Å². The third-order valence-corrected chi connectivity index (χ3v) is 7.72. The fourth-order valence-corrected chi connectivity index (χ4v) is 5.42. The van der Waals surface area contributed by atoms with Gasteiger partial charge in [0, 0.05) is 55.7 Å². The first kappa shape index (κ1) is 23.2. The van der Waals surface area contributed by atoms with Crippen molar-refractivity contribution in [2.24, 2.45) is 0 Å². The Kier molecular flexibility index (Phi) is 6.63. The van der Waals surface area contributed by atoms with Gasteiger partial charge in [-0.15, -0.1) is 0 Å². The van der Waals surface area contributed by atoms with Crippen molar-refractivity contribution < 1.29 is 9.59 Å². The number of aromatic amines is 1. The summed E-state index contributed by atoms with van der Waals surface area (Å²) in [6, 6.07) is 14.2. The van der Waals surface area contributed by atoms with Crippen LogP contribution < -0.4 is 0 Å². The van der Waals surface area contributed by atoms with Crippen molar-refractivity contribution in [3.63, 3.8) is 0 Å². The van der Waals surface area contributed by atoms with Gasteiger partial charge in [0.1, 0.15) is 0 Å². The number of carbonyl (C=O) groups excluding carboxylic acids is 2. The number of carbonyl (C=O) groups is 2. The van der Waals surface area contributed by atoms with Gasteiger partial charge in [-0.05, 0) is 42.7 Å². The van der Waals surface area contributed by atoms with Crippen LogP contribution in [0.3, 0.4) is 0 Å². The molecule has 0 radical (unpaired) electrons. The summed E-state index contributed by atoms with van der Waals surface area (Å²) in [5, 5.41) is 1.89. The van der Waals surface area contributed by atoms with Gasteiger partial charge in [0.25, 0.3) is 0 Å². The van der Waals surface area contributed by atoms with Gasteiger partial charge in [-0.2, -0.15) is 0 Å². The molecule has 180 valence electrons. The van der Waals surface area contributed by atoms with Crippen LogP contribution in [0.2, 0.25) is 0 Å². The van der Waals surface area contributed by atoms with Crippen LogP contribution in [0.4, 0.5) is 0 Å². The second-order valence-corrected chi connectivity index (χ2v) is 9.83. The van der Waals surface area contributed by atoms with E-state index in [1.165, 1.54) is 22.9 Å². The van der Waals surface area contributed by atoms with E-state index in [0.717, 1.165) is 27.3 Å². The van der Waals surface area contributed by atoms with Crippen molar-refractivity contribution in [3.8, 4) is 5.69 Å². The van der Waals surface area contributed by atoms with E-state index >= 15 is 0 Å². The Morgan fingerprint density at radius 2 is 1.71 bits per heavy atom. The van der Waals surface area contributed by atoms with Gasteiger partial charge in [-0.1, -0.05) is 42.1 Å². The number of para-hydroxylation sites is 1. The molecule has 1 N–H and O–H groups in total. The van der Waals surface area contributed by atoms with E-state index in [1.54, 1.807) is 6.20 Å². The lowest BCUT2D eigenvalue weighted by Gasteiger charge is -2.34. The minimum absolute atomic E-state index is 0.0780. The summed E-state index contributed by atoms with van der Waals surface area (Å²) in [4.78, 5) is 37.2. The molecule has 1 aliphatic heterocycles. The molecule has 0 bridgehead atoms. The molecule has 0 saturated carbocycles. The largest absolute Gasteiger partial charge is 0.361 e. The number of nitrogens with zero attached hydrogens (tertiary/aromatic N) is 4. The number of amides is 2. The Hall–Kier alpha value is -3.52. The quantitative estimate of drug-likeness (QED) is 0.418. The summed E-state index contributed by atoms with van der Waals surface area (Å²) in [5.41, 5.74) is 5.56. The first-order valence-corrected chi connectivity index (χ1v) is 12.8. The average Bonchev–Trinajstić information content (AvgIpc) is 3.51. The number of hydrogen-bond acceptors (Lipinski definition) is 4. The summed E-state index contributed by atoms with van der Waals surface area (Å²) in [6.07, 6.45) is 6.00.